The maximum atomic E-state index is 11.9. The Kier molecular flexibility index (Phi) is 4.54. The summed E-state index contributed by atoms with van der Waals surface area (Å²) < 4.78 is 23.9. The number of hydrogen-bond acceptors (Lipinski definition) is 2. The molecule has 16 heavy (non-hydrogen) atoms. The molecule has 0 aliphatic rings. The lowest BCUT2D eigenvalue weighted by molar-refractivity contribution is 0.573. The first-order valence-electron chi connectivity index (χ1n) is 5.77. The molecule has 0 N–H and O–H groups in total. The molecule has 0 spiro atoms. The fourth-order valence-electron chi connectivity index (χ4n) is 1.44. The predicted molar refractivity (Wildman–Crippen MR) is 67.3 cm³/mol. The SMILES string of the molecule is CCc1ccc(S(=O)(=O)CCC(C)C)cc1. The average molecular weight is 240 g/mol. The van der Waals surface area contributed by atoms with Gasteiger partial charge >= 0.3 is 0 Å². The van der Waals surface area contributed by atoms with Gasteiger partial charge in [0.05, 0.1) is 10.6 Å². The maximum Gasteiger partial charge on any atom is 0.178 e. The summed E-state index contributed by atoms with van der Waals surface area (Å²) in [6.07, 6.45) is 1.66. The summed E-state index contributed by atoms with van der Waals surface area (Å²) in [5.74, 6) is 0.667. The monoisotopic (exact) mass is 240 g/mol. The molecule has 0 radical (unpaired) electrons. The zero-order valence-corrected chi connectivity index (χ0v) is 11.0. The molecule has 0 fully saturated rings. The van der Waals surface area contributed by atoms with Gasteiger partial charge in [-0.2, -0.15) is 0 Å². The van der Waals surface area contributed by atoms with Crippen molar-refractivity contribution >= 4 is 9.84 Å². The van der Waals surface area contributed by atoms with E-state index in [-0.39, 0.29) is 5.75 Å². The molecule has 0 saturated carbocycles. The molecule has 0 unspecified atom stereocenters. The van der Waals surface area contributed by atoms with Gasteiger partial charge in [-0.25, -0.2) is 8.42 Å². The van der Waals surface area contributed by atoms with Crippen molar-refractivity contribution in [3.63, 3.8) is 0 Å². The number of benzene rings is 1. The highest BCUT2D eigenvalue weighted by Gasteiger charge is 2.14. The third-order valence-corrected chi connectivity index (χ3v) is 4.42. The van der Waals surface area contributed by atoms with E-state index in [1.165, 1.54) is 5.56 Å². The maximum absolute atomic E-state index is 11.9. The van der Waals surface area contributed by atoms with Crippen LogP contribution in [-0.2, 0) is 16.3 Å². The van der Waals surface area contributed by atoms with Crippen LogP contribution in [0.3, 0.4) is 0 Å². The second-order valence-corrected chi connectivity index (χ2v) is 6.61. The van der Waals surface area contributed by atoms with Crippen molar-refractivity contribution in [3.05, 3.63) is 29.8 Å². The molecule has 0 aliphatic carbocycles. The van der Waals surface area contributed by atoms with E-state index in [9.17, 15) is 8.42 Å². The lowest BCUT2D eigenvalue weighted by Crippen LogP contribution is -2.09. The van der Waals surface area contributed by atoms with Crippen LogP contribution in [0.25, 0.3) is 0 Å². The zero-order chi connectivity index (χ0) is 12.2. The highest BCUT2D eigenvalue weighted by atomic mass is 32.2. The fraction of sp³-hybridized carbons (Fsp3) is 0.538. The normalized spacial score (nSPS) is 12.0. The van der Waals surface area contributed by atoms with Crippen molar-refractivity contribution in [2.45, 2.75) is 38.5 Å². The van der Waals surface area contributed by atoms with Crippen molar-refractivity contribution < 1.29 is 8.42 Å². The van der Waals surface area contributed by atoms with Gasteiger partial charge in [0.15, 0.2) is 9.84 Å². The van der Waals surface area contributed by atoms with E-state index in [1.807, 2.05) is 26.0 Å². The van der Waals surface area contributed by atoms with Crippen LogP contribution in [-0.4, -0.2) is 14.2 Å². The van der Waals surface area contributed by atoms with Crippen molar-refractivity contribution in [2.75, 3.05) is 5.75 Å². The lowest BCUT2D eigenvalue weighted by Gasteiger charge is -2.07. The van der Waals surface area contributed by atoms with Gasteiger partial charge in [-0.05, 0) is 36.5 Å². The average Bonchev–Trinajstić information content (AvgIpc) is 2.27. The smallest absolute Gasteiger partial charge is 0.178 e. The molecule has 0 aromatic heterocycles. The number of sulfone groups is 1. The van der Waals surface area contributed by atoms with Gasteiger partial charge in [0.25, 0.3) is 0 Å². The minimum Gasteiger partial charge on any atom is -0.224 e. The summed E-state index contributed by atoms with van der Waals surface area (Å²) >= 11 is 0. The quantitative estimate of drug-likeness (QED) is 0.792. The van der Waals surface area contributed by atoms with Gasteiger partial charge in [0.2, 0.25) is 0 Å². The first kappa shape index (κ1) is 13.2. The van der Waals surface area contributed by atoms with Gasteiger partial charge in [-0.1, -0.05) is 32.9 Å². The molecule has 1 aromatic rings. The minimum absolute atomic E-state index is 0.246. The third kappa shape index (κ3) is 3.63. The van der Waals surface area contributed by atoms with Crippen LogP contribution in [0.1, 0.15) is 32.8 Å². The van der Waals surface area contributed by atoms with Crippen LogP contribution < -0.4 is 0 Å². The van der Waals surface area contributed by atoms with Crippen molar-refractivity contribution in [3.8, 4) is 0 Å². The van der Waals surface area contributed by atoms with E-state index in [2.05, 4.69) is 6.92 Å². The van der Waals surface area contributed by atoms with Crippen LogP contribution in [0.5, 0.6) is 0 Å². The second-order valence-electron chi connectivity index (χ2n) is 4.50. The summed E-state index contributed by atoms with van der Waals surface area (Å²) in [7, 11) is -3.08. The van der Waals surface area contributed by atoms with Gasteiger partial charge < -0.3 is 0 Å². The Morgan fingerprint density at radius 1 is 1.12 bits per heavy atom. The summed E-state index contributed by atoms with van der Waals surface area (Å²) in [6, 6.07) is 7.22. The second kappa shape index (κ2) is 5.48. The summed E-state index contributed by atoms with van der Waals surface area (Å²) in [4.78, 5) is 0.449. The molecule has 0 bridgehead atoms. The molecular weight excluding hydrogens is 220 g/mol. The van der Waals surface area contributed by atoms with Gasteiger partial charge in [-0.15, -0.1) is 0 Å². The molecule has 0 heterocycles. The van der Waals surface area contributed by atoms with E-state index < -0.39 is 9.84 Å². The van der Waals surface area contributed by atoms with Crippen LogP contribution in [0.15, 0.2) is 29.2 Å². The van der Waals surface area contributed by atoms with E-state index in [4.69, 9.17) is 0 Å². The molecule has 90 valence electrons. The Morgan fingerprint density at radius 2 is 1.69 bits per heavy atom. The Balaban J connectivity index is 2.82. The Bertz CT molecular complexity index is 416. The molecule has 0 atom stereocenters. The van der Waals surface area contributed by atoms with Crippen molar-refractivity contribution in [1.82, 2.24) is 0 Å². The van der Waals surface area contributed by atoms with Crippen LogP contribution in [0, 0.1) is 5.92 Å². The first-order chi connectivity index (χ1) is 7.45. The largest absolute Gasteiger partial charge is 0.224 e. The van der Waals surface area contributed by atoms with Crippen LogP contribution in [0.2, 0.25) is 0 Å². The lowest BCUT2D eigenvalue weighted by atomic mass is 10.2. The van der Waals surface area contributed by atoms with Gasteiger partial charge in [0.1, 0.15) is 0 Å². The van der Waals surface area contributed by atoms with Crippen LogP contribution >= 0.6 is 0 Å². The number of hydrogen-bond donors (Lipinski definition) is 0. The van der Waals surface area contributed by atoms with E-state index in [0.29, 0.717) is 10.8 Å². The third-order valence-electron chi connectivity index (χ3n) is 2.65. The minimum atomic E-state index is -3.08. The molecule has 0 aliphatic heterocycles. The zero-order valence-electron chi connectivity index (χ0n) is 10.2. The summed E-state index contributed by atoms with van der Waals surface area (Å²) in [6.45, 7) is 6.13. The van der Waals surface area contributed by atoms with E-state index >= 15 is 0 Å². The summed E-state index contributed by atoms with van der Waals surface area (Å²) in [5, 5.41) is 0. The molecule has 1 rings (SSSR count). The first-order valence-corrected chi connectivity index (χ1v) is 7.42. The molecule has 3 heteroatoms. The Labute approximate surface area is 98.6 Å². The van der Waals surface area contributed by atoms with Gasteiger partial charge in [-0.3, -0.25) is 0 Å². The Morgan fingerprint density at radius 3 is 2.12 bits per heavy atom. The Hall–Kier alpha value is -0.830. The van der Waals surface area contributed by atoms with Crippen molar-refractivity contribution in [2.24, 2.45) is 5.92 Å². The van der Waals surface area contributed by atoms with E-state index in [1.54, 1.807) is 12.1 Å². The molecule has 2 nitrogen and oxygen atoms in total. The fourth-order valence-corrected chi connectivity index (χ4v) is 3.01. The van der Waals surface area contributed by atoms with Crippen LogP contribution in [0.4, 0.5) is 0 Å². The predicted octanol–water partition coefficient (Wildman–Crippen LogP) is 3.07. The highest BCUT2D eigenvalue weighted by Crippen LogP contribution is 2.15. The number of aryl methyl sites for hydroxylation is 1. The van der Waals surface area contributed by atoms with Gasteiger partial charge in [0, 0.05) is 0 Å². The molecule has 0 saturated heterocycles. The summed E-state index contributed by atoms with van der Waals surface area (Å²) in [5.41, 5.74) is 1.17. The number of rotatable bonds is 5. The standard InChI is InChI=1S/C13H20O2S/c1-4-12-5-7-13(8-6-12)16(14,15)10-9-11(2)3/h5-8,11H,4,9-10H2,1-3H3. The molecule has 0 amide bonds. The highest BCUT2D eigenvalue weighted by molar-refractivity contribution is 7.91. The van der Waals surface area contributed by atoms with Crippen molar-refractivity contribution in [1.29, 1.82) is 0 Å². The topological polar surface area (TPSA) is 34.1 Å². The van der Waals surface area contributed by atoms with E-state index in [0.717, 1.165) is 12.8 Å². The molecule has 1 aromatic carbocycles. The molecular formula is C13H20O2S.